The first-order valence-corrected chi connectivity index (χ1v) is 15.9. The third-order valence-electron chi connectivity index (χ3n) is 8.09. The van der Waals surface area contributed by atoms with Crippen LogP contribution in [0.3, 0.4) is 0 Å². The Kier molecular flexibility index (Phi) is 8.17. The van der Waals surface area contributed by atoms with Crippen molar-refractivity contribution in [2.24, 2.45) is 14.1 Å². The highest BCUT2D eigenvalue weighted by Gasteiger charge is 2.40. The van der Waals surface area contributed by atoms with Crippen LogP contribution in [0.5, 0.6) is 23.0 Å². The van der Waals surface area contributed by atoms with Crippen molar-refractivity contribution in [3.63, 3.8) is 0 Å². The Morgan fingerprint density at radius 2 is 1.76 bits per heavy atom. The zero-order valence-corrected chi connectivity index (χ0v) is 26.1. The maximum absolute atomic E-state index is 14.6. The van der Waals surface area contributed by atoms with Crippen LogP contribution in [0, 0.1) is 5.82 Å². The number of benzene rings is 3. The van der Waals surface area contributed by atoms with Crippen LogP contribution in [-0.4, -0.2) is 54.6 Å². The van der Waals surface area contributed by atoms with Crippen molar-refractivity contribution in [2.75, 3.05) is 26.8 Å². The number of hydrogen-bond donors (Lipinski definition) is 1. The molecule has 46 heavy (non-hydrogen) atoms. The monoisotopic (exact) mass is 650 g/mol. The lowest BCUT2D eigenvalue weighted by Crippen LogP contribution is -2.45. The van der Waals surface area contributed by atoms with Gasteiger partial charge in [0.15, 0.2) is 16.4 Å². The Morgan fingerprint density at radius 1 is 1.00 bits per heavy atom. The lowest BCUT2D eigenvalue weighted by molar-refractivity contribution is 0.0947. The topological polar surface area (TPSA) is 138 Å². The van der Waals surface area contributed by atoms with E-state index in [0.29, 0.717) is 34.8 Å². The number of hydrogen-bond acceptors (Lipinski definition) is 8. The van der Waals surface area contributed by atoms with Gasteiger partial charge in [-0.3, -0.25) is 14.2 Å². The van der Waals surface area contributed by atoms with E-state index in [1.54, 1.807) is 36.4 Å². The number of methoxy groups -OCH3 is 1. The highest BCUT2D eigenvalue weighted by molar-refractivity contribution is 7.89. The number of ether oxygens (including phenoxy) is 3. The summed E-state index contributed by atoms with van der Waals surface area (Å²) in [6.45, 7) is 0.351. The average Bonchev–Trinajstić information content (AvgIpc) is 3.04. The van der Waals surface area contributed by atoms with E-state index in [9.17, 15) is 27.2 Å². The second-order valence-electron chi connectivity index (χ2n) is 11.0. The highest BCUT2D eigenvalue weighted by Crippen LogP contribution is 2.42. The Hall–Kier alpha value is -4.95. The number of carbonyl (C=O) groups is 1. The molecular formula is C32H31FN4O8S. The van der Waals surface area contributed by atoms with Crippen molar-refractivity contribution >= 4 is 15.9 Å². The van der Waals surface area contributed by atoms with E-state index in [4.69, 9.17) is 14.2 Å². The lowest BCUT2D eigenvalue weighted by Gasteiger charge is -2.37. The number of aromatic nitrogens is 2. The molecule has 3 aliphatic heterocycles. The molecule has 0 saturated heterocycles. The predicted octanol–water partition coefficient (Wildman–Crippen LogP) is 2.87. The summed E-state index contributed by atoms with van der Waals surface area (Å²) in [6.07, 6.45) is 1.69. The van der Waals surface area contributed by atoms with Crippen LogP contribution >= 0.6 is 0 Å². The number of nitrogens with one attached hydrogen (secondary N) is 1. The van der Waals surface area contributed by atoms with E-state index in [-0.39, 0.29) is 37.4 Å². The summed E-state index contributed by atoms with van der Waals surface area (Å²) in [5, 5.41) is 2.69. The van der Waals surface area contributed by atoms with Crippen molar-refractivity contribution < 1.29 is 31.8 Å². The quantitative estimate of drug-likeness (QED) is 0.358. The maximum Gasteiger partial charge on any atom is 0.330 e. The molecule has 3 aromatic carbocycles. The molecule has 1 aromatic heterocycles. The summed E-state index contributed by atoms with van der Waals surface area (Å²) in [6, 6.07) is 13.3. The van der Waals surface area contributed by atoms with E-state index >= 15 is 0 Å². The van der Waals surface area contributed by atoms with Gasteiger partial charge in [0.2, 0.25) is 0 Å². The largest absolute Gasteiger partial charge is 0.493 e. The van der Waals surface area contributed by atoms with Crippen LogP contribution in [0.15, 0.2) is 75.3 Å². The number of fused-ring (bicyclic) bond motifs is 6. The Morgan fingerprint density at radius 3 is 2.54 bits per heavy atom. The summed E-state index contributed by atoms with van der Waals surface area (Å²) in [5.74, 6) is 0.110. The van der Waals surface area contributed by atoms with Gasteiger partial charge in [0.1, 0.15) is 17.3 Å². The molecule has 0 spiro atoms. The fourth-order valence-corrected chi connectivity index (χ4v) is 7.48. The second-order valence-corrected chi connectivity index (χ2v) is 12.9. The fraction of sp³-hybridized carbons (Fsp3) is 0.281. The normalized spacial score (nSPS) is 16.9. The van der Waals surface area contributed by atoms with Crippen molar-refractivity contribution in [2.45, 2.75) is 23.8 Å². The number of nitrogens with zero attached hydrogens (tertiary/aromatic N) is 3. The van der Waals surface area contributed by atoms with Crippen molar-refractivity contribution in [3.8, 4) is 23.0 Å². The maximum atomic E-state index is 14.6. The molecule has 1 N–H and O–H groups in total. The molecule has 3 aliphatic rings. The summed E-state index contributed by atoms with van der Waals surface area (Å²) in [5.41, 5.74) is 0.219. The first-order chi connectivity index (χ1) is 22.0. The van der Waals surface area contributed by atoms with Crippen LogP contribution in [0.2, 0.25) is 0 Å². The number of aryl methyl sites for hydroxylation is 1. The van der Waals surface area contributed by atoms with Gasteiger partial charge in [0.25, 0.3) is 21.5 Å². The van der Waals surface area contributed by atoms with Gasteiger partial charge in [-0.2, -0.15) is 4.31 Å². The number of carbonyl (C=O) groups excluding carboxylic acids is 1. The van der Waals surface area contributed by atoms with Crippen LogP contribution in [0.1, 0.15) is 39.5 Å². The summed E-state index contributed by atoms with van der Waals surface area (Å²) >= 11 is 0. The van der Waals surface area contributed by atoms with Gasteiger partial charge in [-0.25, -0.2) is 17.6 Å². The van der Waals surface area contributed by atoms with Gasteiger partial charge in [-0.15, -0.1) is 0 Å². The van der Waals surface area contributed by atoms with Gasteiger partial charge >= 0.3 is 5.69 Å². The molecule has 0 saturated carbocycles. The van der Waals surface area contributed by atoms with E-state index in [1.807, 2.05) is 0 Å². The molecule has 1 amide bonds. The first-order valence-electron chi connectivity index (χ1n) is 14.5. The van der Waals surface area contributed by atoms with E-state index in [1.165, 1.54) is 37.6 Å². The zero-order valence-electron chi connectivity index (χ0n) is 25.3. The van der Waals surface area contributed by atoms with Gasteiger partial charge in [-0.05, 0) is 72.0 Å². The smallest absolute Gasteiger partial charge is 0.330 e. The van der Waals surface area contributed by atoms with Gasteiger partial charge in [0, 0.05) is 33.4 Å². The lowest BCUT2D eigenvalue weighted by atomic mass is 9.89. The number of rotatable bonds is 3. The van der Waals surface area contributed by atoms with Gasteiger partial charge in [0.05, 0.1) is 25.3 Å². The third-order valence-corrected chi connectivity index (χ3v) is 9.93. The third kappa shape index (κ3) is 5.54. The summed E-state index contributed by atoms with van der Waals surface area (Å²) in [7, 11) is -0.355. The molecule has 7 rings (SSSR count). The average molecular weight is 651 g/mol. The molecule has 0 radical (unpaired) electrons. The first kappa shape index (κ1) is 31.0. The Bertz CT molecular complexity index is 2090. The number of halogens is 1. The predicted molar refractivity (Wildman–Crippen MR) is 165 cm³/mol. The molecule has 4 heterocycles. The minimum absolute atomic E-state index is 0.00145. The summed E-state index contributed by atoms with van der Waals surface area (Å²) < 4.78 is 63.8. The molecule has 0 aliphatic carbocycles. The van der Waals surface area contributed by atoms with Gasteiger partial charge in [-0.1, -0.05) is 12.1 Å². The molecule has 0 fully saturated rings. The van der Waals surface area contributed by atoms with Crippen molar-refractivity contribution in [3.05, 3.63) is 110 Å². The Labute approximate surface area is 263 Å². The molecular weight excluding hydrogens is 619 g/mol. The molecule has 1 atom stereocenters. The highest BCUT2D eigenvalue weighted by atomic mass is 32.2. The number of sulfonamides is 1. The van der Waals surface area contributed by atoms with Crippen LogP contribution in [0.25, 0.3) is 0 Å². The Balaban J connectivity index is 1.52. The summed E-state index contributed by atoms with van der Waals surface area (Å²) in [4.78, 5) is 37.7. The second kappa shape index (κ2) is 12.1. The SMILES string of the molecule is COc1ccc2cc1OCCCNC(=O)c1cc(ccc1F)Oc1ccc3c(c1)CCN(S(=O)(=O)c1cn(C)c(=O)n(C)c1=O)C23. The fourth-order valence-electron chi connectivity index (χ4n) is 5.73. The standard InChI is InChI=1S/C32H31FN4O8S/c1-35-18-28(31(39)36(2)32(35)40)46(41,42)37-13-11-19-15-21-6-8-23(19)29(37)20-5-10-26(43-3)27(16-20)44-14-4-12-34-30(38)24-17-22(45-21)7-9-25(24)33/h5-10,15-18,29H,4,11-14H2,1-3H3,(H,34,38). The minimum Gasteiger partial charge on any atom is -0.493 e. The van der Waals surface area contributed by atoms with E-state index in [2.05, 4.69) is 5.32 Å². The van der Waals surface area contributed by atoms with E-state index < -0.39 is 43.9 Å². The molecule has 12 nitrogen and oxygen atoms in total. The molecule has 240 valence electrons. The van der Waals surface area contributed by atoms with Crippen molar-refractivity contribution in [1.29, 1.82) is 0 Å². The van der Waals surface area contributed by atoms with Crippen LogP contribution in [-0.2, 0) is 30.5 Å². The van der Waals surface area contributed by atoms with Crippen molar-refractivity contribution in [1.82, 2.24) is 18.8 Å². The number of amides is 1. The van der Waals surface area contributed by atoms with Gasteiger partial charge < -0.3 is 24.1 Å². The van der Waals surface area contributed by atoms with E-state index in [0.717, 1.165) is 27.0 Å². The molecule has 14 heteroatoms. The van der Waals surface area contributed by atoms with Crippen LogP contribution < -0.4 is 30.8 Å². The molecule has 8 bridgehead atoms. The van der Waals surface area contributed by atoms with Crippen LogP contribution in [0.4, 0.5) is 4.39 Å². The molecule has 1 unspecified atom stereocenters. The zero-order chi connectivity index (χ0) is 32.7. The minimum atomic E-state index is -4.45. The molecule has 4 aromatic rings.